The SMILES string of the molecule is C[C@H]1CN([C@@H](C)CO)C(=O)Cc2cc(NC(=O)CCCCCC(=O)Nc3ccccc3N)ccc2O[C@@H]1CN(C)S(=O)(=O)c1ccccc1. The van der Waals surface area contributed by atoms with Gasteiger partial charge in [-0.25, -0.2) is 8.42 Å². The Morgan fingerprint density at radius 2 is 1.65 bits per heavy atom. The molecule has 3 amide bonds. The number of nitrogen functional groups attached to an aromatic ring is 1. The van der Waals surface area contributed by atoms with Gasteiger partial charge in [-0.1, -0.05) is 43.7 Å². The number of benzene rings is 3. The molecule has 1 heterocycles. The number of nitrogens with one attached hydrogen (secondary N) is 2. The molecule has 12 nitrogen and oxygen atoms in total. The van der Waals surface area contributed by atoms with E-state index in [1.807, 2.05) is 6.92 Å². The van der Waals surface area contributed by atoms with Crippen molar-refractivity contribution in [1.82, 2.24) is 9.21 Å². The minimum Gasteiger partial charge on any atom is -0.488 e. The minimum absolute atomic E-state index is 0.0217. The molecule has 13 heteroatoms. The first-order valence-corrected chi connectivity index (χ1v) is 18.0. The molecule has 1 aliphatic heterocycles. The molecule has 0 fully saturated rings. The number of aliphatic hydroxyl groups is 1. The number of unbranched alkanes of at least 4 members (excludes halogenated alkanes) is 2. The summed E-state index contributed by atoms with van der Waals surface area (Å²) < 4.78 is 34.4. The quantitative estimate of drug-likeness (QED) is 0.143. The van der Waals surface area contributed by atoms with Gasteiger partial charge in [0, 0.05) is 43.6 Å². The van der Waals surface area contributed by atoms with E-state index in [9.17, 15) is 27.9 Å². The lowest BCUT2D eigenvalue weighted by atomic mass is 10.0. The zero-order valence-electron chi connectivity index (χ0n) is 28.3. The van der Waals surface area contributed by atoms with E-state index < -0.39 is 22.2 Å². The van der Waals surface area contributed by atoms with Crippen LogP contribution >= 0.6 is 0 Å². The van der Waals surface area contributed by atoms with Crippen molar-refractivity contribution in [3.8, 4) is 5.75 Å². The van der Waals surface area contributed by atoms with Crippen LogP contribution in [0.3, 0.4) is 0 Å². The lowest BCUT2D eigenvalue weighted by Crippen LogP contribution is -2.48. The highest BCUT2D eigenvalue weighted by Gasteiger charge is 2.33. The fourth-order valence-corrected chi connectivity index (χ4v) is 6.85. The third kappa shape index (κ3) is 10.3. The molecule has 3 atom stereocenters. The Morgan fingerprint density at radius 1 is 1.00 bits per heavy atom. The zero-order valence-corrected chi connectivity index (χ0v) is 29.1. The fraction of sp³-hybridized carbons (Fsp3) is 0.417. The maximum Gasteiger partial charge on any atom is 0.242 e. The second-order valence-electron chi connectivity index (χ2n) is 12.6. The third-order valence-corrected chi connectivity index (χ3v) is 10.5. The molecule has 3 aromatic rings. The summed E-state index contributed by atoms with van der Waals surface area (Å²) in [6.45, 7) is 3.69. The second kappa shape index (κ2) is 17.3. The molecule has 0 bridgehead atoms. The number of rotatable bonds is 14. The predicted molar refractivity (Wildman–Crippen MR) is 189 cm³/mol. The Bertz CT molecular complexity index is 1700. The van der Waals surface area contributed by atoms with Crippen molar-refractivity contribution in [2.75, 3.05) is 43.1 Å². The van der Waals surface area contributed by atoms with Crippen molar-refractivity contribution < 1.29 is 32.6 Å². The largest absolute Gasteiger partial charge is 0.488 e. The zero-order chi connectivity index (χ0) is 35.6. The smallest absolute Gasteiger partial charge is 0.242 e. The summed E-state index contributed by atoms with van der Waals surface area (Å²) in [5, 5.41) is 15.6. The van der Waals surface area contributed by atoms with Crippen LogP contribution in [0.25, 0.3) is 0 Å². The Hall–Kier alpha value is -4.46. The van der Waals surface area contributed by atoms with Crippen molar-refractivity contribution in [1.29, 1.82) is 0 Å². The van der Waals surface area contributed by atoms with E-state index in [-0.39, 0.29) is 61.1 Å². The van der Waals surface area contributed by atoms with Crippen LogP contribution in [0.4, 0.5) is 17.1 Å². The van der Waals surface area contributed by atoms with Crippen molar-refractivity contribution in [2.45, 2.75) is 69.4 Å². The number of nitrogens with zero attached hydrogens (tertiary/aromatic N) is 2. The molecule has 0 spiro atoms. The first kappa shape index (κ1) is 37.4. The molecule has 4 rings (SSSR count). The summed E-state index contributed by atoms with van der Waals surface area (Å²) in [6, 6.07) is 19.8. The monoisotopic (exact) mass is 693 g/mol. The molecule has 0 aromatic heterocycles. The van der Waals surface area contributed by atoms with Crippen LogP contribution in [-0.4, -0.2) is 79.3 Å². The number of nitrogens with two attached hydrogens (primary N) is 1. The van der Waals surface area contributed by atoms with Gasteiger partial charge in [-0.05, 0) is 62.2 Å². The van der Waals surface area contributed by atoms with E-state index in [2.05, 4.69) is 10.6 Å². The normalized spacial score (nSPS) is 17.2. The first-order valence-electron chi connectivity index (χ1n) is 16.5. The van der Waals surface area contributed by atoms with Crippen LogP contribution in [0.15, 0.2) is 77.7 Å². The van der Waals surface area contributed by atoms with Gasteiger partial charge in [0.1, 0.15) is 11.9 Å². The summed E-state index contributed by atoms with van der Waals surface area (Å²) in [5.41, 5.74) is 7.99. The van der Waals surface area contributed by atoms with Crippen LogP contribution in [0.2, 0.25) is 0 Å². The molecular weight excluding hydrogens is 646 g/mol. The number of para-hydroxylation sites is 2. The van der Waals surface area contributed by atoms with Crippen LogP contribution < -0.4 is 21.1 Å². The predicted octanol–water partition coefficient (Wildman–Crippen LogP) is 4.27. The first-order chi connectivity index (χ1) is 23.4. The standard InChI is InChI=1S/C36H47N5O7S/c1-25-22-41(26(2)24-42)36(45)21-27-20-28(38-34(43)16-8-5-9-17-35(44)39-31-15-11-10-14-30(31)37)18-19-32(27)48-33(25)23-40(3)49(46,47)29-12-6-4-7-13-29/h4,6-7,10-15,18-20,25-26,33,42H,5,8-9,16-17,21-24,37H2,1-3H3,(H,38,43)(H,39,44)/t25-,26-,33+/m0/s1. The molecule has 1 aliphatic rings. The molecule has 264 valence electrons. The lowest BCUT2D eigenvalue weighted by Gasteiger charge is -2.33. The molecule has 0 saturated heterocycles. The lowest BCUT2D eigenvalue weighted by molar-refractivity contribution is -0.134. The average Bonchev–Trinajstić information content (AvgIpc) is 3.12. The van der Waals surface area contributed by atoms with E-state index in [4.69, 9.17) is 10.5 Å². The van der Waals surface area contributed by atoms with Crippen molar-refractivity contribution in [3.05, 3.63) is 78.4 Å². The van der Waals surface area contributed by atoms with Gasteiger partial charge in [0.15, 0.2) is 0 Å². The van der Waals surface area contributed by atoms with E-state index in [0.717, 1.165) is 0 Å². The van der Waals surface area contributed by atoms with E-state index in [0.29, 0.717) is 54.1 Å². The summed E-state index contributed by atoms with van der Waals surface area (Å²) in [6.07, 6.45) is 1.80. The number of amides is 3. The number of carbonyl (C=O) groups is 3. The van der Waals surface area contributed by atoms with Gasteiger partial charge in [-0.15, -0.1) is 0 Å². The van der Waals surface area contributed by atoms with E-state index in [1.165, 1.54) is 23.5 Å². The van der Waals surface area contributed by atoms with Gasteiger partial charge in [-0.2, -0.15) is 4.31 Å². The Kier molecular flexibility index (Phi) is 13.2. The van der Waals surface area contributed by atoms with Gasteiger partial charge in [0.25, 0.3) is 0 Å². The number of hydrogen-bond acceptors (Lipinski definition) is 8. The van der Waals surface area contributed by atoms with Gasteiger partial charge in [0.05, 0.1) is 41.9 Å². The van der Waals surface area contributed by atoms with Gasteiger partial charge < -0.3 is 31.1 Å². The number of carbonyl (C=O) groups excluding carboxylic acids is 3. The summed E-state index contributed by atoms with van der Waals surface area (Å²) in [4.78, 5) is 40.4. The Morgan fingerprint density at radius 3 is 2.33 bits per heavy atom. The van der Waals surface area contributed by atoms with Gasteiger partial charge in [-0.3, -0.25) is 14.4 Å². The molecule has 0 aliphatic carbocycles. The Balaban J connectivity index is 1.40. The number of ether oxygens (including phenoxy) is 1. The third-order valence-electron chi connectivity index (χ3n) is 8.63. The molecule has 5 N–H and O–H groups in total. The van der Waals surface area contributed by atoms with Crippen LogP contribution in [-0.2, 0) is 30.8 Å². The van der Waals surface area contributed by atoms with Crippen molar-refractivity contribution >= 4 is 44.8 Å². The van der Waals surface area contributed by atoms with Crippen LogP contribution in [0.1, 0.15) is 51.5 Å². The molecule has 0 radical (unpaired) electrons. The van der Waals surface area contributed by atoms with Crippen molar-refractivity contribution in [3.63, 3.8) is 0 Å². The summed E-state index contributed by atoms with van der Waals surface area (Å²) in [5.74, 6) is -0.427. The molecule has 3 aromatic carbocycles. The second-order valence-corrected chi connectivity index (χ2v) is 14.6. The summed E-state index contributed by atoms with van der Waals surface area (Å²) >= 11 is 0. The number of likely N-dealkylation sites (N-methyl/N-ethyl adjacent to an activating group) is 1. The minimum atomic E-state index is -3.80. The number of sulfonamides is 1. The number of fused-ring (bicyclic) bond motifs is 1. The molecular formula is C36H47N5O7S. The fourth-order valence-electron chi connectivity index (χ4n) is 5.64. The van der Waals surface area contributed by atoms with Crippen LogP contribution in [0.5, 0.6) is 5.75 Å². The topological polar surface area (TPSA) is 171 Å². The molecule has 0 saturated carbocycles. The van der Waals surface area contributed by atoms with E-state index in [1.54, 1.807) is 72.5 Å². The van der Waals surface area contributed by atoms with Gasteiger partial charge >= 0.3 is 0 Å². The van der Waals surface area contributed by atoms with Crippen molar-refractivity contribution in [2.24, 2.45) is 5.92 Å². The highest BCUT2D eigenvalue weighted by atomic mass is 32.2. The van der Waals surface area contributed by atoms with Gasteiger partial charge in [0.2, 0.25) is 27.7 Å². The highest BCUT2D eigenvalue weighted by molar-refractivity contribution is 7.89. The molecule has 49 heavy (non-hydrogen) atoms. The maximum atomic E-state index is 13.5. The van der Waals surface area contributed by atoms with Crippen LogP contribution in [0, 0.1) is 5.92 Å². The average molecular weight is 694 g/mol. The van der Waals surface area contributed by atoms with E-state index >= 15 is 0 Å². The Labute approximate surface area is 288 Å². The maximum absolute atomic E-state index is 13.5. The summed E-state index contributed by atoms with van der Waals surface area (Å²) in [7, 11) is -2.30. The number of hydrogen-bond donors (Lipinski definition) is 4. The molecule has 0 unspecified atom stereocenters. The number of aliphatic hydroxyl groups excluding tert-OH is 1. The number of anilines is 3. The highest BCUT2D eigenvalue weighted by Crippen LogP contribution is 2.30.